The Labute approximate surface area is 131 Å². The standard InChI is InChI=1S/C21H19N/c1-2-8-16(9-3-1)15-22-21-14-17-10-4-5-11-18(17)19-12-6-7-13-20(19)21/h1-13,21-22H,14-15H2. The number of rotatable bonds is 3. The first-order valence-electron chi connectivity index (χ1n) is 7.86. The van der Waals surface area contributed by atoms with Crippen molar-refractivity contribution in [1.82, 2.24) is 5.32 Å². The van der Waals surface area contributed by atoms with Crippen LogP contribution < -0.4 is 5.32 Å². The lowest BCUT2D eigenvalue weighted by Crippen LogP contribution is -2.26. The molecule has 0 radical (unpaired) electrons. The summed E-state index contributed by atoms with van der Waals surface area (Å²) in [6.07, 6.45) is 1.06. The topological polar surface area (TPSA) is 12.0 Å². The highest BCUT2D eigenvalue weighted by molar-refractivity contribution is 5.73. The first-order chi connectivity index (χ1) is 10.9. The van der Waals surface area contributed by atoms with Crippen LogP contribution in [0.2, 0.25) is 0 Å². The molecule has 1 aliphatic carbocycles. The van der Waals surface area contributed by atoms with Crippen LogP contribution in [0.1, 0.15) is 22.7 Å². The monoisotopic (exact) mass is 285 g/mol. The van der Waals surface area contributed by atoms with E-state index in [-0.39, 0.29) is 0 Å². The summed E-state index contributed by atoms with van der Waals surface area (Å²) < 4.78 is 0. The number of hydrogen-bond donors (Lipinski definition) is 1. The van der Waals surface area contributed by atoms with E-state index in [2.05, 4.69) is 84.2 Å². The van der Waals surface area contributed by atoms with E-state index in [1.54, 1.807) is 0 Å². The first-order valence-corrected chi connectivity index (χ1v) is 7.86. The van der Waals surface area contributed by atoms with Gasteiger partial charge in [-0.05, 0) is 34.2 Å². The van der Waals surface area contributed by atoms with Crippen LogP contribution in [0, 0.1) is 0 Å². The van der Waals surface area contributed by atoms with Crippen molar-refractivity contribution >= 4 is 0 Å². The molecule has 1 nitrogen and oxygen atoms in total. The molecule has 0 saturated heterocycles. The minimum Gasteiger partial charge on any atom is -0.306 e. The third kappa shape index (κ3) is 2.44. The maximum atomic E-state index is 3.73. The fraction of sp³-hybridized carbons (Fsp3) is 0.143. The van der Waals surface area contributed by atoms with Gasteiger partial charge in [0.1, 0.15) is 0 Å². The van der Waals surface area contributed by atoms with Gasteiger partial charge in [-0.15, -0.1) is 0 Å². The molecule has 4 rings (SSSR count). The van der Waals surface area contributed by atoms with Crippen LogP contribution in [0.5, 0.6) is 0 Å². The van der Waals surface area contributed by atoms with E-state index >= 15 is 0 Å². The second-order valence-corrected chi connectivity index (χ2v) is 5.87. The van der Waals surface area contributed by atoms with Crippen LogP contribution in [0.25, 0.3) is 11.1 Å². The van der Waals surface area contributed by atoms with Crippen molar-refractivity contribution in [3.05, 3.63) is 95.6 Å². The molecule has 0 spiro atoms. The van der Waals surface area contributed by atoms with Gasteiger partial charge in [0, 0.05) is 12.6 Å². The van der Waals surface area contributed by atoms with Gasteiger partial charge in [0.05, 0.1) is 0 Å². The lowest BCUT2D eigenvalue weighted by Gasteiger charge is -2.28. The Morgan fingerprint density at radius 3 is 2.27 bits per heavy atom. The smallest absolute Gasteiger partial charge is 0.0370 e. The van der Waals surface area contributed by atoms with Gasteiger partial charge in [-0.3, -0.25) is 0 Å². The highest BCUT2D eigenvalue weighted by Gasteiger charge is 2.23. The molecule has 0 aliphatic heterocycles. The summed E-state index contributed by atoms with van der Waals surface area (Å²) in [5, 5.41) is 3.73. The largest absolute Gasteiger partial charge is 0.306 e. The molecule has 0 saturated carbocycles. The highest BCUT2D eigenvalue weighted by Crippen LogP contribution is 2.38. The van der Waals surface area contributed by atoms with E-state index in [0.717, 1.165) is 13.0 Å². The van der Waals surface area contributed by atoms with E-state index < -0.39 is 0 Å². The molecule has 108 valence electrons. The summed E-state index contributed by atoms with van der Waals surface area (Å²) in [5.41, 5.74) is 6.94. The van der Waals surface area contributed by atoms with Gasteiger partial charge in [0.2, 0.25) is 0 Å². The van der Waals surface area contributed by atoms with Crippen molar-refractivity contribution in [2.75, 3.05) is 0 Å². The minimum atomic E-state index is 0.381. The summed E-state index contributed by atoms with van der Waals surface area (Å²) in [6, 6.07) is 28.5. The highest BCUT2D eigenvalue weighted by atomic mass is 14.9. The molecule has 1 heteroatoms. The number of hydrogen-bond acceptors (Lipinski definition) is 1. The number of nitrogens with one attached hydrogen (secondary N) is 1. The van der Waals surface area contributed by atoms with Gasteiger partial charge in [-0.2, -0.15) is 0 Å². The zero-order chi connectivity index (χ0) is 14.8. The predicted octanol–water partition coefficient (Wildman–Crippen LogP) is 4.74. The van der Waals surface area contributed by atoms with E-state index in [1.807, 2.05) is 0 Å². The molecule has 3 aromatic carbocycles. The molecule has 22 heavy (non-hydrogen) atoms. The summed E-state index contributed by atoms with van der Waals surface area (Å²) in [4.78, 5) is 0. The van der Waals surface area contributed by atoms with Crippen molar-refractivity contribution in [2.45, 2.75) is 19.0 Å². The van der Waals surface area contributed by atoms with E-state index in [0.29, 0.717) is 6.04 Å². The van der Waals surface area contributed by atoms with Crippen LogP contribution >= 0.6 is 0 Å². The Balaban J connectivity index is 1.65. The van der Waals surface area contributed by atoms with Gasteiger partial charge in [-0.25, -0.2) is 0 Å². The Hall–Kier alpha value is -2.38. The Bertz CT molecular complexity index is 777. The van der Waals surface area contributed by atoms with Crippen molar-refractivity contribution in [3.63, 3.8) is 0 Å². The minimum absolute atomic E-state index is 0.381. The van der Waals surface area contributed by atoms with Crippen LogP contribution in [-0.2, 0) is 13.0 Å². The maximum absolute atomic E-state index is 3.73. The van der Waals surface area contributed by atoms with Gasteiger partial charge in [0.15, 0.2) is 0 Å². The summed E-state index contributed by atoms with van der Waals surface area (Å²) in [7, 11) is 0. The average molecular weight is 285 g/mol. The quantitative estimate of drug-likeness (QED) is 0.733. The van der Waals surface area contributed by atoms with Crippen molar-refractivity contribution in [1.29, 1.82) is 0 Å². The van der Waals surface area contributed by atoms with Gasteiger partial charge < -0.3 is 5.32 Å². The normalized spacial score (nSPS) is 15.9. The molecule has 1 atom stereocenters. The van der Waals surface area contributed by atoms with Crippen molar-refractivity contribution in [2.24, 2.45) is 0 Å². The molecule has 1 aliphatic rings. The fourth-order valence-electron chi connectivity index (χ4n) is 3.36. The van der Waals surface area contributed by atoms with Crippen LogP contribution in [0.3, 0.4) is 0 Å². The molecule has 1 N–H and O–H groups in total. The Morgan fingerprint density at radius 2 is 1.41 bits per heavy atom. The van der Waals surface area contributed by atoms with Gasteiger partial charge >= 0.3 is 0 Å². The average Bonchev–Trinajstić information content (AvgIpc) is 2.60. The van der Waals surface area contributed by atoms with Crippen molar-refractivity contribution in [3.8, 4) is 11.1 Å². The number of benzene rings is 3. The molecular weight excluding hydrogens is 266 g/mol. The lowest BCUT2D eigenvalue weighted by molar-refractivity contribution is 0.527. The molecule has 0 aromatic heterocycles. The van der Waals surface area contributed by atoms with Gasteiger partial charge in [0.25, 0.3) is 0 Å². The molecule has 0 amide bonds. The lowest BCUT2D eigenvalue weighted by atomic mass is 9.82. The second kappa shape index (κ2) is 5.78. The van der Waals surface area contributed by atoms with Crippen molar-refractivity contribution < 1.29 is 0 Å². The molecular formula is C21H19N. The zero-order valence-corrected chi connectivity index (χ0v) is 12.5. The van der Waals surface area contributed by atoms with Gasteiger partial charge in [-0.1, -0.05) is 78.9 Å². The summed E-state index contributed by atoms with van der Waals surface area (Å²) >= 11 is 0. The van der Waals surface area contributed by atoms with Crippen LogP contribution in [0.4, 0.5) is 0 Å². The summed E-state index contributed by atoms with van der Waals surface area (Å²) in [6.45, 7) is 0.905. The first kappa shape index (κ1) is 13.3. The zero-order valence-electron chi connectivity index (χ0n) is 12.5. The maximum Gasteiger partial charge on any atom is 0.0370 e. The predicted molar refractivity (Wildman–Crippen MR) is 91.6 cm³/mol. The molecule has 0 fully saturated rings. The van der Waals surface area contributed by atoms with E-state index in [4.69, 9.17) is 0 Å². The molecule has 0 bridgehead atoms. The third-order valence-electron chi connectivity index (χ3n) is 4.46. The van der Waals surface area contributed by atoms with E-state index in [9.17, 15) is 0 Å². The Morgan fingerprint density at radius 1 is 0.727 bits per heavy atom. The Kier molecular flexibility index (Phi) is 3.49. The summed E-state index contributed by atoms with van der Waals surface area (Å²) in [5.74, 6) is 0. The third-order valence-corrected chi connectivity index (χ3v) is 4.46. The SMILES string of the molecule is c1ccc(CNC2Cc3ccccc3-c3ccccc32)cc1. The second-order valence-electron chi connectivity index (χ2n) is 5.87. The van der Waals surface area contributed by atoms with E-state index in [1.165, 1.54) is 27.8 Å². The molecule has 1 unspecified atom stereocenters. The molecule has 3 aromatic rings. The van der Waals surface area contributed by atoms with Crippen LogP contribution in [-0.4, -0.2) is 0 Å². The number of fused-ring (bicyclic) bond motifs is 3. The fourth-order valence-corrected chi connectivity index (χ4v) is 3.36. The van der Waals surface area contributed by atoms with Crippen LogP contribution in [0.15, 0.2) is 78.9 Å². The molecule has 0 heterocycles.